The molecule has 2 rings (SSSR count). The molecule has 0 radical (unpaired) electrons. The van der Waals surface area contributed by atoms with E-state index in [9.17, 15) is 4.79 Å². The summed E-state index contributed by atoms with van der Waals surface area (Å²) in [5, 5.41) is 9.11. The topological polar surface area (TPSA) is 46.5 Å². The number of aliphatic carboxylic acids is 1. The summed E-state index contributed by atoms with van der Waals surface area (Å²) in [5.41, 5.74) is 2.23. The number of hydrogen-bond donors (Lipinski definition) is 1. The zero-order chi connectivity index (χ0) is 12.4. The zero-order valence-corrected chi connectivity index (χ0v) is 10.2. The van der Waals surface area contributed by atoms with E-state index < -0.39 is 11.9 Å². The minimum atomic E-state index is -0.763. The lowest BCUT2D eigenvalue weighted by Gasteiger charge is -2.16. The maximum absolute atomic E-state index is 11.1. The second kappa shape index (κ2) is 4.88. The van der Waals surface area contributed by atoms with Gasteiger partial charge in [0, 0.05) is 6.61 Å². The minimum Gasteiger partial charge on any atom is -0.481 e. The molecule has 1 fully saturated rings. The van der Waals surface area contributed by atoms with Gasteiger partial charge in [-0.15, -0.1) is 0 Å². The lowest BCUT2D eigenvalue weighted by molar-refractivity contribution is -0.143. The number of ether oxygens (including phenoxy) is 1. The van der Waals surface area contributed by atoms with E-state index in [2.05, 4.69) is 26.0 Å². The Morgan fingerprint density at radius 2 is 2.00 bits per heavy atom. The Balaban J connectivity index is 2.19. The van der Waals surface area contributed by atoms with E-state index in [0.29, 0.717) is 18.9 Å². The normalized spacial score (nSPS) is 24.2. The fourth-order valence-electron chi connectivity index (χ4n) is 2.24. The molecule has 0 amide bonds. The van der Waals surface area contributed by atoms with Crippen molar-refractivity contribution >= 4 is 5.97 Å². The maximum atomic E-state index is 11.1. The first-order chi connectivity index (χ1) is 8.09. The standard InChI is InChI=1S/C14H18O3/c1-9(2)10-3-5-11(6-4-10)13-12(14(15)16)7-8-17-13/h3-6,9,12-13H,7-8H2,1-2H3,(H,15,16). The smallest absolute Gasteiger partial charge is 0.309 e. The number of carboxylic acid groups (broad SMARTS) is 1. The van der Waals surface area contributed by atoms with E-state index in [-0.39, 0.29) is 6.10 Å². The highest BCUT2D eigenvalue weighted by Gasteiger charge is 2.34. The van der Waals surface area contributed by atoms with Gasteiger partial charge in [-0.3, -0.25) is 4.79 Å². The van der Waals surface area contributed by atoms with Gasteiger partial charge in [0.15, 0.2) is 0 Å². The van der Waals surface area contributed by atoms with Gasteiger partial charge in [-0.2, -0.15) is 0 Å². The highest BCUT2D eigenvalue weighted by atomic mass is 16.5. The number of carbonyl (C=O) groups is 1. The van der Waals surface area contributed by atoms with Crippen LogP contribution >= 0.6 is 0 Å². The third kappa shape index (κ3) is 2.50. The van der Waals surface area contributed by atoms with Crippen LogP contribution in [-0.4, -0.2) is 17.7 Å². The average molecular weight is 234 g/mol. The summed E-state index contributed by atoms with van der Waals surface area (Å²) < 4.78 is 5.53. The van der Waals surface area contributed by atoms with Crippen LogP contribution in [0, 0.1) is 5.92 Å². The van der Waals surface area contributed by atoms with Crippen molar-refractivity contribution in [1.82, 2.24) is 0 Å². The number of carboxylic acids is 1. The van der Waals surface area contributed by atoms with Crippen LogP contribution in [0.2, 0.25) is 0 Å². The summed E-state index contributed by atoms with van der Waals surface area (Å²) in [6.45, 7) is 4.82. The van der Waals surface area contributed by atoms with Crippen LogP contribution in [-0.2, 0) is 9.53 Å². The van der Waals surface area contributed by atoms with Crippen LogP contribution in [0.3, 0.4) is 0 Å². The van der Waals surface area contributed by atoms with Gasteiger partial charge in [-0.25, -0.2) is 0 Å². The molecular formula is C14H18O3. The molecule has 1 N–H and O–H groups in total. The summed E-state index contributed by atoms with van der Waals surface area (Å²) in [7, 11) is 0. The Morgan fingerprint density at radius 3 is 2.53 bits per heavy atom. The molecule has 1 saturated heterocycles. The third-order valence-electron chi connectivity index (χ3n) is 3.34. The van der Waals surface area contributed by atoms with E-state index >= 15 is 0 Å². The summed E-state index contributed by atoms with van der Waals surface area (Å²) >= 11 is 0. The van der Waals surface area contributed by atoms with Crippen LogP contribution in [0.15, 0.2) is 24.3 Å². The van der Waals surface area contributed by atoms with Crippen molar-refractivity contribution in [1.29, 1.82) is 0 Å². The molecular weight excluding hydrogens is 216 g/mol. The lowest BCUT2D eigenvalue weighted by atomic mass is 9.93. The highest BCUT2D eigenvalue weighted by molar-refractivity contribution is 5.71. The highest BCUT2D eigenvalue weighted by Crippen LogP contribution is 2.35. The van der Waals surface area contributed by atoms with E-state index in [1.165, 1.54) is 5.56 Å². The molecule has 17 heavy (non-hydrogen) atoms. The summed E-state index contributed by atoms with van der Waals surface area (Å²) in [6.07, 6.45) is 0.320. The van der Waals surface area contributed by atoms with Gasteiger partial charge in [0.25, 0.3) is 0 Å². The molecule has 0 saturated carbocycles. The van der Waals surface area contributed by atoms with Crippen molar-refractivity contribution in [3.05, 3.63) is 35.4 Å². The molecule has 1 aromatic rings. The monoisotopic (exact) mass is 234 g/mol. The van der Waals surface area contributed by atoms with E-state index in [4.69, 9.17) is 9.84 Å². The van der Waals surface area contributed by atoms with Gasteiger partial charge in [0.1, 0.15) is 0 Å². The molecule has 1 aliphatic heterocycles. The van der Waals surface area contributed by atoms with Crippen LogP contribution in [0.25, 0.3) is 0 Å². The molecule has 0 spiro atoms. The van der Waals surface area contributed by atoms with Crippen molar-refractivity contribution in [3.63, 3.8) is 0 Å². The van der Waals surface area contributed by atoms with E-state index in [1.54, 1.807) is 0 Å². The predicted molar refractivity (Wildman–Crippen MR) is 65.0 cm³/mol. The Hall–Kier alpha value is -1.35. The third-order valence-corrected chi connectivity index (χ3v) is 3.34. The first-order valence-corrected chi connectivity index (χ1v) is 6.04. The van der Waals surface area contributed by atoms with Gasteiger partial charge >= 0.3 is 5.97 Å². The lowest BCUT2D eigenvalue weighted by Crippen LogP contribution is -2.17. The van der Waals surface area contributed by atoms with Crippen LogP contribution in [0.1, 0.15) is 43.4 Å². The second-order valence-corrected chi connectivity index (χ2v) is 4.85. The molecule has 1 heterocycles. The van der Waals surface area contributed by atoms with Gasteiger partial charge < -0.3 is 9.84 Å². The molecule has 1 aliphatic rings. The first kappa shape index (κ1) is 12.1. The zero-order valence-electron chi connectivity index (χ0n) is 10.2. The number of hydrogen-bond acceptors (Lipinski definition) is 2. The molecule has 2 atom stereocenters. The van der Waals surface area contributed by atoms with Crippen molar-refractivity contribution in [2.45, 2.75) is 32.3 Å². The Kier molecular flexibility index (Phi) is 3.48. The molecule has 1 aromatic carbocycles. The average Bonchev–Trinajstić information content (AvgIpc) is 2.78. The fraction of sp³-hybridized carbons (Fsp3) is 0.500. The number of rotatable bonds is 3. The first-order valence-electron chi connectivity index (χ1n) is 6.04. The SMILES string of the molecule is CC(C)c1ccc(C2OCCC2C(=O)O)cc1. The molecule has 0 aliphatic carbocycles. The van der Waals surface area contributed by atoms with Crippen molar-refractivity contribution in [2.24, 2.45) is 5.92 Å². The van der Waals surface area contributed by atoms with E-state index in [0.717, 1.165) is 5.56 Å². The Bertz CT molecular complexity index is 394. The molecule has 3 nitrogen and oxygen atoms in total. The summed E-state index contributed by atoms with van der Waals surface area (Å²) in [6, 6.07) is 8.09. The second-order valence-electron chi connectivity index (χ2n) is 4.85. The molecule has 0 aromatic heterocycles. The molecule has 3 heteroatoms. The van der Waals surface area contributed by atoms with Gasteiger partial charge in [-0.1, -0.05) is 38.1 Å². The predicted octanol–water partition coefficient (Wildman–Crippen LogP) is 2.97. The van der Waals surface area contributed by atoms with Crippen LogP contribution in [0.4, 0.5) is 0 Å². The molecule has 0 bridgehead atoms. The van der Waals surface area contributed by atoms with E-state index in [1.807, 2.05) is 12.1 Å². The van der Waals surface area contributed by atoms with Crippen LogP contribution in [0.5, 0.6) is 0 Å². The molecule has 92 valence electrons. The van der Waals surface area contributed by atoms with Gasteiger partial charge in [0.05, 0.1) is 12.0 Å². The van der Waals surface area contributed by atoms with Crippen LogP contribution < -0.4 is 0 Å². The van der Waals surface area contributed by atoms with Crippen molar-refractivity contribution in [2.75, 3.05) is 6.61 Å². The number of benzene rings is 1. The van der Waals surface area contributed by atoms with Crippen molar-refractivity contribution < 1.29 is 14.6 Å². The fourth-order valence-corrected chi connectivity index (χ4v) is 2.24. The maximum Gasteiger partial charge on any atom is 0.309 e. The largest absolute Gasteiger partial charge is 0.481 e. The quantitative estimate of drug-likeness (QED) is 0.874. The summed E-state index contributed by atoms with van der Waals surface area (Å²) in [5.74, 6) is -0.677. The Morgan fingerprint density at radius 1 is 1.35 bits per heavy atom. The van der Waals surface area contributed by atoms with Gasteiger partial charge in [-0.05, 0) is 23.5 Å². The Labute approximate surface area is 101 Å². The minimum absolute atomic E-state index is 0.284. The summed E-state index contributed by atoms with van der Waals surface area (Å²) in [4.78, 5) is 11.1. The molecule has 2 unspecified atom stereocenters. The van der Waals surface area contributed by atoms with Crippen molar-refractivity contribution in [3.8, 4) is 0 Å². The van der Waals surface area contributed by atoms with Gasteiger partial charge in [0.2, 0.25) is 0 Å².